The van der Waals surface area contributed by atoms with E-state index >= 15 is 0 Å². The van der Waals surface area contributed by atoms with Gasteiger partial charge < -0.3 is 9.84 Å². The van der Waals surface area contributed by atoms with Crippen molar-refractivity contribution in [2.45, 2.75) is 13.5 Å². The predicted octanol–water partition coefficient (Wildman–Crippen LogP) is 1.70. The van der Waals surface area contributed by atoms with Crippen molar-refractivity contribution in [3.63, 3.8) is 0 Å². The van der Waals surface area contributed by atoms with E-state index in [0.29, 0.717) is 18.3 Å². The van der Waals surface area contributed by atoms with Crippen molar-refractivity contribution < 1.29 is 4.52 Å². The highest BCUT2D eigenvalue weighted by Gasteiger charge is 2.10. The lowest BCUT2D eigenvalue weighted by Crippen LogP contribution is -2.27. The Hall–Kier alpha value is -1.72. The number of aryl methyl sites for hydroxylation is 1. The molecule has 0 saturated carbocycles. The van der Waals surface area contributed by atoms with Gasteiger partial charge in [-0.3, -0.25) is 4.90 Å². The first kappa shape index (κ1) is 13.7. The van der Waals surface area contributed by atoms with Gasteiger partial charge in [-0.05, 0) is 21.0 Å². The number of hydrogen-bond donors (Lipinski definition) is 1. The first-order valence-corrected chi connectivity index (χ1v) is 6.42. The summed E-state index contributed by atoms with van der Waals surface area (Å²) in [6, 6.07) is 8.11. The second-order valence-corrected chi connectivity index (χ2v) is 4.72. The summed E-state index contributed by atoms with van der Waals surface area (Å²) in [5.74, 6) is 1.30. The fourth-order valence-corrected chi connectivity index (χ4v) is 1.75. The average Bonchev–Trinajstić information content (AvgIpc) is 2.85. The summed E-state index contributed by atoms with van der Waals surface area (Å²) in [4.78, 5) is 6.56. The molecule has 0 saturated heterocycles. The van der Waals surface area contributed by atoms with Gasteiger partial charge in [0.2, 0.25) is 11.7 Å². The quantitative estimate of drug-likeness (QED) is 0.856. The van der Waals surface area contributed by atoms with E-state index in [-0.39, 0.29) is 0 Å². The van der Waals surface area contributed by atoms with E-state index in [1.54, 1.807) is 0 Å². The van der Waals surface area contributed by atoms with Crippen LogP contribution in [0.25, 0.3) is 11.4 Å². The van der Waals surface area contributed by atoms with Crippen LogP contribution >= 0.6 is 0 Å². The first-order valence-electron chi connectivity index (χ1n) is 6.42. The minimum Gasteiger partial charge on any atom is -0.338 e. The molecule has 0 unspecified atom stereocenters. The molecule has 5 heteroatoms. The van der Waals surface area contributed by atoms with Gasteiger partial charge in [0.25, 0.3) is 0 Å². The van der Waals surface area contributed by atoms with Crippen molar-refractivity contribution in [3.05, 3.63) is 35.7 Å². The van der Waals surface area contributed by atoms with Crippen molar-refractivity contribution >= 4 is 0 Å². The monoisotopic (exact) mass is 260 g/mol. The zero-order chi connectivity index (χ0) is 13.7. The van der Waals surface area contributed by atoms with Crippen LogP contribution in [0.4, 0.5) is 0 Å². The molecule has 1 aromatic carbocycles. The summed E-state index contributed by atoms with van der Waals surface area (Å²) in [6.07, 6.45) is 0. The summed E-state index contributed by atoms with van der Waals surface area (Å²) in [7, 11) is 3.98. The van der Waals surface area contributed by atoms with E-state index in [1.165, 1.54) is 5.56 Å². The molecule has 1 heterocycles. The molecule has 0 fully saturated rings. The lowest BCUT2D eigenvalue weighted by Gasteiger charge is -2.12. The molecule has 0 spiro atoms. The van der Waals surface area contributed by atoms with E-state index in [9.17, 15) is 0 Å². The van der Waals surface area contributed by atoms with Gasteiger partial charge >= 0.3 is 0 Å². The standard InChI is InChI=1S/C14H20N4O/c1-11-4-6-12(7-5-11)14-16-13(19-17-14)10-18(3)9-8-15-2/h4-7,15H,8-10H2,1-3H3. The van der Waals surface area contributed by atoms with Crippen LogP contribution in [0.5, 0.6) is 0 Å². The van der Waals surface area contributed by atoms with E-state index in [1.807, 2.05) is 38.4 Å². The molecule has 0 bridgehead atoms. The molecule has 0 aliphatic heterocycles. The van der Waals surface area contributed by atoms with E-state index < -0.39 is 0 Å². The SMILES string of the molecule is CNCCN(C)Cc1nc(-c2ccc(C)cc2)no1. The third kappa shape index (κ3) is 3.87. The van der Waals surface area contributed by atoms with Crippen molar-refractivity contribution in [3.8, 4) is 11.4 Å². The third-order valence-electron chi connectivity index (χ3n) is 2.93. The number of likely N-dealkylation sites (N-methyl/N-ethyl adjacent to an activating group) is 2. The Balaban J connectivity index is 2.00. The second kappa shape index (κ2) is 6.45. The smallest absolute Gasteiger partial charge is 0.241 e. The van der Waals surface area contributed by atoms with Crippen LogP contribution in [-0.4, -0.2) is 42.2 Å². The highest BCUT2D eigenvalue weighted by atomic mass is 16.5. The molecule has 0 atom stereocenters. The maximum atomic E-state index is 5.28. The van der Waals surface area contributed by atoms with Crippen LogP contribution in [-0.2, 0) is 6.54 Å². The largest absolute Gasteiger partial charge is 0.338 e. The Morgan fingerprint density at radius 2 is 2.00 bits per heavy atom. The van der Waals surface area contributed by atoms with E-state index in [2.05, 4.69) is 27.3 Å². The summed E-state index contributed by atoms with van der Waals surface area (Å²) >= 11 is 0. The number of nitrogens with one attached hydrogen (secondary N) is 1. The highest BCUT2D eigenvalue weighted by molar-refractivity contribution is 5.54. The predicted molar refractivity (Wildman–Crippen MR) is 74.7 cm³/mol. The van der Waals surface area contributed by atoms with Crippen LogP contribution in [0, 0.1) is 6.92 Å². The minimum absolute atomic E-state index is 0.647. The normalized spacial score (nSPS) is 11.2. The number of rotatable bonds is 6. The fraction of sp³-hybridized carbons (Fsp3) is 0.429. The molecule has 2 aromatic rings. The Kier molecular flexibility index (Phi) is 4.65. The Morgan fingerprint density at radius 3 is 2.68 bits per heavy atom. The lowest BCUT2D eigenvalue weighted by atomic mass is 10.1. The number of hydrogen-bond acceptors (Lipinski definition) is 5. The van der Waals surface area contributed by atoms with Crippen LogP contribution in [0.2, 0.25) is 0 Å². The molecular formula is C14H20N4O. The molecule has 0 radical (unpaired) electrons. The number of benzene rings is 1. The van der Waals surface area contributed by atoms with Gasteiger partial charge in [-0.15, -0.1) is 0 Å². The van der Waals surface area contributed by atoms with E-state index in [0.717, 1.165) is 18.7 Å². The van der Waals surface area contributed by atoms with Crippen LogP contribution < -0.4 is 5.32 Å². The molecule has 2 rings (SSSR count). The van der Waals surface area contributed by atoms with Gasteiger partial charge in [-0.25, -0.2) is 0 Å². The zero-order valence-electron chi connectivity index (χ0n) is 11.7. The maximum Gasteiger partial charge on any atom is 0.241 e. The summed E-state index contributed by atoms with van der Waals surface area (Å²) in [6.45, 7) is 4.61. The number of aromatic nitrogens is 2. The van der Waals surface area contributed by atoms with Crippen LogP contribution in [0.3, 0.4) is 0 Å². The molecule has 1 aromatic heterocycles. The van der Waals surface area contributed by atoms with Crippen molar-refractivity contribution in [2.24, 2.45) is 0 Å². The minimum atomic E-state index is 0.647. The molecule has 0 amide bonds. The van der Waals surface area contributed by atoms with Gasteiger partial charge in [0.15, 0.2) is 0 Å². The van der Waals surface area contributed by atoms with Gasteiger partial charge in [0.1, 0.15) is 0 Å². The molecule has 0 aliphatic rings. The molecule has 5 nitrogen and oxygen atoms in total. The van der Waals surface area contributed by atoms with Crippen LogP contribution in [0.15, 0.2) is 28.8 Å². The topological polar surface area (TPSA) is 54.2 Å². The van der Waals surface area contributed by atoms with Crippen LogP contribution in [0.1, 0.15) is 11.5 Å². The first-order chi connectivity index (χ1) is 9.19. The fourth-order valence-electron chi connectivity index (χ4n) is 1.75. The van der Waals surface area contributed by atoms with Crippen molar-refractivity contribution in [1.82, 2.24) is 20.4 Å². The maximum absolute atomic E-state index is 5.28. The Morgan fingerprint density at radius 1 is 1.26 bits per heavy atom. The average molecular weight is 260 g/mol. The molecule has 0 aliphatic carbocycles. The molecule has 102 valence electrons. The summed E-state index contributed by atoms with van der Waals surface area (Å²) < 4.78 is 5.28. The summed E-state index contributed by atoms with van der Waals surface area (Å²) in [5.41, 5.74) is 2.21. The van der Waals surface area contributed by atoms with Gasteiger partial charge in [-0.1, -0.05) is 35.0 Å². The van der Waals surface area contributed by atoms with E-state index in [4.69, 9.17) is 4.52 Å². The number of nitrogens with zero attached hydrogens (tertiary/aromatic N) is 3. The van der Waals surface area contributed by atoms with Gasteiger partial charge in [0, 0.05) is 18.7 Å². The van der Waals surface area contributed by atoms with Gasteiger partial charge in [0.05, 0.1) is 6.54 Å². The zero-order valence-corrected chi connectivity index (χ0v) is 11.7. The molecular weight excluding hydrogens is 240 g/mol. The van der Waals surface area contributed by atoms with Crippen molar-refractivity contribution in [2.75, 3.05) is 27.2 Å². The molecule has 19 heavy (non-hydrogen) atoms. The second-order valence-electron chi connectivity index (χ2n) is 4.72. The highest BCUT2D eigenvalue weighted by Crippen LogP contribution is 2.16. The lowest BCUT2D eigenvalue weighted by molar-refractivity contribution is 0.268. The molecule has 1 N–H and O–H groups in total. The van der Waals surface area contributed by atoms with Gasteiger partial charge in [-0.2, -0.15) is 4.98 Å². The Labute approximate surface area is 113 Å². The summed E-state index contributed by atoms with van der Waals surface area (Å²) in [5, 5.41) is 7.13. The van der Waals surface area contributed by atoms with Crippen molar-refractivity contribution in [1.29, 1.82) is 0 Å². The third-order valence-corrected chi connectivity index (χ3v) is 2.93. The Bertz CT molecular complexity index is 506.